The van der Waals surface area contributed by atoms with Crippen LogP contribution in [-0.2, 0) is 5.41 Å². The van der Waals surface area contributed by atoms with Crippen molar-refractivity contribution in [3.05, 3.63) is 59.9 Å². The Kier molecular flexibility index (Phi) is 9.68. The molecule has 0 aliphatic carbocycles. The number of allylic oxidation sites excluding steroid dienone is 1. The first kappa shape index (κ1) is 28.2. The summed E-state index contributed by atoms with van der Waals surface area (Å²) in [7, 11) is 1.72. The molecule has 2 heterocycles. The van der Waals surface area contributed by atoms with Crippen LogP contribution in [0.5, 0.6) is 11.8 Å². The van der Waals surface area contributed by atoms with E-state index in [1.807, 2.05) is 26.8 Å². The monoisotopic (exact) mass is 515 g/mol. The number of ether oxygens (including phenoxy) is 2. The van der Waals surface area contributed by atoms with E-state index in [0.29, 0.717) is 12.0 Å². The molecule has 0 aliphatic heterocycles. The average molecular weight is 516 g/mol. The van der Waals surface area contributed by atoms with Crippen molar-refractivity contribution < 1.29 is 22.8 Å². The molecule has 3 rings (SSSR count). The first-order valence-corrected chi connectivity index (χ1v) is 12.4. The molecule has 2 aromatic heterocycles. The van der Waals surface area contributed by atoms with Crippen LogP contribution in [0.25, 0.3) is 11.6 Å². The zero-order valence-corrected chi connectivity index (χ0v) is 22.2. The molecule has 0 amide bonds. The van der Waals surface area contributed by atoms with Crippen molar-refractivity contribution >= 4 is 0 Å². The standard InChI is InChI=1S/C27H35F2N5O3/c1-7-8-13-35-22-15-23(36-18(3)17(2)14-19(28)16-30-6)32-24(31-22)25-33-26(37-34-25)27(4,5)20-11-9-10-12-21(20)29/h8-13,15,17-19,30H,7,14,16H2,1-6H3/b13-8+/t17-,18-,19+/m0/s1. The molecular formula is C27H35F2N5O3. The second kappa shape index (κ2) is 12.7. The van der Waals surface area contributed by atoms with E-state index in [-0.39, 0.29) is 53.7 Å². The van der Waals surface area contributed by atoms with Gasteiger partial charge in [-0.2, -0.15) is 15.0 Å². The third-order valence-electron chi connectivity index (χ3n) is 6.07. The van der Waals surface area contributed by atoms with Crippen molar-refractivity contribution in [3.8, 4) is 23.4 Å². The van der Waals surface area contributed by atoms with Gasteiger partial charge in [-0.05, 0) is 58.7 Å². The molecule has 0 spiro atoms. The maximum atomic E-state index is 14.5. The van der Waals surface area contributed by atoms with E-state index in [1.54, 1.807) is 45.2 Å². The summed E-state index contributed by atoms with van der Waals surface area (Å²) in [6, 6.07) is 7.99. The highest BCUT2D eigenvalue weighted by Gasteiger charge is 2.33. The van der Waals surface area contributed by atoms with E-state index in [0.717, 1.165) is 6.42 Å². The molecule has 200 valence electrons. The Morgan fingerprint density at radius 1 is 1.11 bits per heavy atom. The van der Waals surface area contributed by atoms with Gasteiger partial charge in [0, 0.05) is 12.1 Å². The lowest BCUT2D eigenvalue weighted by atomic mass is 9.84. The van der Waals surface area contributed by atoms with E-state index >= 15 is 0 Å². The van der Waals surface area contributed by atoms with Gasteiger partial charge in [-0.3, -0.25) is 0 Å². The Hall–Kier alpha value is -3.40. The number of nitrogens with zero attached hydrogens (tertiary/aromatic N) is 4. The van der Waals surface area contributed by atoms with Crippen molar-refractivity contribution in [3.63, 3.8) is 0 Å². The average Bonchev–Trinajstić information content (AvgIpc) is 3.36. The maximum Gasteiger partial charge on any atom is 0.240 e. The summed E-state index contributed by atoms with van der Waals surface area (Å²) in [6.45, 7) is 9.63. The van der Waals surface area contributed by atoms with Crippen LogP contribution >= 0.6 is 0 Å². The summed E-state index contributed by atoms with van der Waals surface area (Å²) in [5.74, 6) is 0.435. The third-order valence-corrected chi connectivity index (χ3v) is 6.07. The maximum absolute atomic E-state index is 14.5. The lowest BCUT2D eigenvalue weighted by molar-refractivity contribution is 0.126. The molecule has 0 bridgehead atoms. The summed E-state index contributed by atoms with van der Waals surface area (Å²) in [5.41, 5.74) is -0.474. The minimum absolute atomic E-state index is 0.0792. The van der Waals surface area contributed by atoms with Gasteiger partial charge >= 0.3 is 0 Å². The molecule has 3 atom stereocenters. The van der Waals surface area contributed by atoms with E-state index < -0.39 is 11.6 Å². The molecule has 3 aromatic rings. The molecule has 0 saturated carbocycles. The summed E-state index contributed by atoms with van der Waals surface area (Å²) in [6.07, 6.45) is 3.16. The molecule has 0 fully saturated rings. The van der Waals surface area contributed by atoms with E-state index in [9.17, 15) is 8.78 Å². The van der Waals surface area contributed by atoms with Gasteiger partial charge < -0.3 is 19.3 Å². The Balaban J connectivity index is 1.90. The van der Waals surface area contributed by atoms with Crippen LogP contribution in [0.1, 0.15) is 58.9 Å². The normalized spacial score (nSPS) is 14.5. The van der Waals surface area contributed by atoms with Crippen molar-refractivity contribution in [1.29, 1.82) is 0 Å². The molecule has 0 unspecified atom stereocenters. The molecule has 8 nitrogen and oxygen atoms in total. The highest BCUT2D eigenvalue weighted by molar-refractivity contribution is 5.46. The van der Waals surface area contributed by atoms with Crippen LogP contribution in [0.2, 0.25) is 0 Å². The summed E-state index contributed by atoms with van der Waals surface area (Å²) in [4.78, 5) is 13.3. The van der Waals surface area contributed by atoms with Gasteiger partial charge in [0.25, 0.3) is 0 Å². The second-order valence-electron chi connectivity index (χ2n) is 9.48. The minimum atomic E-state index is -0.986. The second-order valence-corrected chi connectivity index (χ2v) is 9.48. The first-order chi connectivity index (χ1) is 17.6. The van der Waals surface area contributed by atoms with Gasteiger partial charge in [0.15, 0.2) is 0 Å². The van der Waals surface area contributed by atoms with Crippen LogP contribution in [-0.4, -0.2) is 46.0 Å². The van der Waals surface area contributed by atoms with Gasteiger partial charge in [0.1, 0.15) is 18.1 Å². The molecule has 1 aromatic carbocycles. The summed E-state index contributed by atoms with van der Waals surface area (Å²) < 4.78 is 45.8. The lowest BCUT2D eigenvalue weighted by Crippen LogP contribution is -2.28. The number of aromatic nitrogens is 4. The number of alkyl halides is 1. The topological polar surface area (TPSA) is 95.2 Å². The number of rotatable bonds is 13. The molecule has 0 saturated heterocycles. The molecule has 1 N–H and O–H groups in total. The van der Waals surface area contributed by atoms with Crippen molar-refractivity contribution in [1.82, 2.24) is 25.4 Å². The van der Waals surface area contributed by atoms with Crippen molar-refractivity contribution in [2.45, 2.75) is 65.2 Å². The van der Waals surface area contributed by atoms with Gasteiger partial charge in [0.2, 0.25) is 29.3 Å². The van der Waals surface area contributed by atoms with Gasteiger partial charge in [-0.15, -0.1) is 0 Å². The molecule has 10 heteroatoms. The smallest absolute Gasteiger partial charge is 0.240 e. The zero-order chi connectivity index (χ0) is 27.0. The molecule has 37 heavy (non-hydrogen) atoms. The predicted octanol–water partition coefficient (Wildman–Crippen LogP) is 5.65. The van der Waals surface area contributed by atoms with E-state index in [1.165, 1.54) is 12.3 Å². The largest absolute Gasteiger partial charge is 0.474 e. The number of halogens is 2. The first-order valence-electron chi connectivity index (χ1n) is 12.4. The third kappa shape index (κ3) is 7.31. The minimum Gasteiger partial charge on any atom is -0.474 e. The number of hydrogen-bond acceptors (Lipinski definition) is 8. The predicted molar refractivity (Wildman–Crippen MR) is 137 cm³/mol. The fourth-order valence-corrected chi connectivity index (χ4v) is 3.70. The molecular weight excluding hydrogens is 480 g/mol. The van der Waals surface area contributed by atoms with Crippen LogP contribution in [0.15, 0.2) is 47.2 Å². The Morgan fingerprint density at radius 2 is 1.84 bits per heavy atom. The number of nitrogens with one attached hydrogen (secondary N) is 1. The van der Waals surface area contributed by atoms with Gasteiger partial charge in [-0.1, -0.05) is 37.2 Å². The lowest BCUT2D eigenvalue weighted by Gasteiger charge is -2.22. The highest BCUT2D eigenvalue weighted by atomic mass is 19.1. The summed E-state index contributed by atoms with van der Waals surface area (Å²) in [5, 5.41) is 6.88. The Bertz CT molecular complexity index is 1180. The van der Waals surface area contributed by atoms with Crippen LogP contribution in [0, 0.1) is 11.7 Å². The van der Waals surface area contributed by atoms with Crippen LogP contribution in [0.3, 0.4) is 0 Å². The fourth-order valence-electron chi connectivity index (χ4n) is 3.70. The zero-order valence-electron chi connectivity index (χ0n) is 22.2. The van der Waals surface area contributed by atoms with Crippen LogP contribution in [0.4, 0.5) is 8.78 Å². The Labute approximate surface area is 216 Å². The van der Waals surface area contributed by atoms with Gasteiger partial charge in [0.05, 0.1) is 17.7 Å². The van der Waals surface area contributed by atoms with Crippen molar-refractivity contribution in [2.75, 3.05) is 13.6 Å². The SMILES string of the molecule is CC/C=C/Oc1cc(O[C@@H](C)[C@@H](C)C[C@@H](F)CNC)nc(-c2noc(C(C)(C)c3ccccc3F)n2)n1. The summed E-state index contributed by atoms with van der Waals surface area (Å²) >= 11 is 0. The quantitative estimate of drug-likeness (QED) is 0.292. The van der Waals surface area contributed by atoms with Crippen LogP contribution < -0.4 is 14.8 Å². The highest BCUT2D eigenvalue weighted by Crippen LogP contribution is 2.33. The Morgan fingerprint density at radius 3 is 2.54 bits per heavy atom. The number of benzene rings is 1. The van der Waals surface area contributed by atoms with Crippen molar-refractivity contribution in [2.24, 2.45) is 5.92 Å². The number of hydrogen-bond donors (Lipinski definition) is 1. The van der Waals surface area contributed by atoms with Gasteiger partial charge in [-0.25, -0.2) is 8.78 Å². The van der Waals surface area contributed by atoms with E-state index in [2.05, 4.69) is 25.4 Å². The molecule has 0 aliphatic rings. The molecule has 0 radical (unpaired) electrons. The van der Waals surface area contributed by atoms with E-state index in [4.69, 9.17) is 14.0 Å². The fraction of sp³-hybridized carbons (Fsp3) is 0.481.